The van der Waals surface area contributed by atoms with Crippen molar-refractivity contribution in [1.82, 2.24) is 0 Å². The second kappa shape index (κ2) is 9.07. The van der Waals surface area contributed by atoms with Crippen molar-refractivity contribution in [3.8, 4) is 11.5 Å². The van der Waals surface area contributed by atoms with Gasteiger partial charge in [0.15, 0.2) is 6.10 Å². The van der Waals surface area contributed by atoms with Crippen molar-refractivity contribution in [3.63, 3.8) is 0 Å². The van der Waals surface area contributed by atoms with Crippen LogP contribution in [0.15, 0.2) is 36.4 Å². The first-order valence-corrected chi connectivity index (χ1v) is 8.62. The van der Waals surface area contributed by atoms with Crippen LogP contribution >= 0.6 is 0 Å². The molecule has 0 aliphatic heterocycles. The minimum Gasteiger partial charge on any atom is -0.497 e. The van der Waals surface area contributed by atoms with Crippen molar-refractivity contribution >= 4 is 17.6 Å². The zero-order chi connectivity index (χ0) is 20.0. The lowest BCUT2D eigenvalue weighted by molar-refractivity contribution is -0.152. The Morgan fingerprint density at radius 2 is 1.78 bits per heavy atom. The van der Waals surface area contributed by atoms with Gasteiger partial charge in [-0.1, -0.05) is 23.8 Å². The molecule has 0 bridgehead atoms. The zero-order valence-electron chi connectivity index (χ0n) is 16.3. The highest BCUT2D eigenvalue weighted by molar-refractivity contribution is 5.95. The van der Waals surface area contributed by atoms with Crippen LogP contribution < -0.4 is 14.8 Å². The molecule has 6 nitrogen and oxygen atoms in total. The Balaban J connectivity index is 1.97. The summed E-state index contributed by atoms with van der Waals surface area (Å²) in [6.07, 6.45) is -0.920. The van der Waals surface area contributed by atoms with E-state index in [-0.39, 0.29) is 12.3 Å². The Bertz CT molecular complexity index is 831. The molecular formula is C21H25NO5. The summed E-state index contributed by atoms with van der Waals surface area (Å²) in [5.41, 5.74) is 3.42. The van der Waals surface area contributed by atoms with Gasteiger partial charge in [-0.15, -0.1) is 0 Å². The van der Waals surface area contributed by atoms with Gasteiger partial charge in [0.2, 0.25) is 0 Å². The molecule has 0 aromatic heterocycles. The summed E-state index contributed by atoms with van der Waals surface area (Å²) in [4.78, 5) is 24.5. The van der Waals surface area contributed by atoms with Crippen molar-refractivity contribution < 1.29 is 23.8 Å². The normalized spacial score (nSPS) is 11.4. The fraction of sp³-hybridized carbons (Fsp3) is 0.333. The van der Waals surface area contributed by atoms with Crippen molar-refractivity contribution in [2.24, 2.45) is 0 Å². The largest absolute Gasteiger partial charge is 0.497 e. The lowest BCUT2D eigenvalue weighted by Crippen LogP contribution is -2.30. The van der Waals surface area contributed by atoms with E-state index in [1.54, 1.807) is 32.2 Å². The SMILES string of the molecule is COc1ccc(CC(=O)O[C@@H](C)C(=O)Nc2ccc(C)cc2C)c(OC)c1. The number of esters is 1. The number of rotatable bonds is 7. The zero-order valence-corrected chi connectivity index (χ0v) is 16.3. The number of hydrogen-bond acceptors (Lipinski definition) is 5. The van der Waals surface area contributed by atoms with E-state index in [0.29, 0.717) is 22.7 Å². The highest BCUT2D eigenvalue weighted by Gasteiger charge is 2.20. The molecule has 6 heteroatoms. The monoisotopic (exact) mass is 371 g/mol. The number of ether oxygens (including phenoxy) is 3. The van der Waals surface area contributed by atoms with Crippen LogP contribution in [0.4, 0.5) is 5.69 Å². The van der Waals surface area contributed by atoms with Gasteiger partial charge in [-0.25, -0.2) is 0 Å². The summed E-state index contributed by atoms with van der Waals surface area (Å²) < 4.78 is 15.7. The van der Waals surface area contributed by atoms with Crippen LogP contribution in [0.1, 0.15) is 23.6 Å². The van der Waals surface area contributed by atoms with Crippen LogP contribution in [0.2, 0.25) is 0 Å². The number of carbonyl (C=O) groups is 2. The van der Waals surface area contributed by atoms with Crippen LogP contribution in [-0.2, 0) is 20.7 Å². The molecule has 0 aliphatic carbocycles. The van der Waals surface area contributed by atoms with E-state index in [1.807, 2.05) is 32.0 Å². The molecule has 2 aromatic rings. The number of methoxy groups -OCH3 is 2. The van der Waals surface area contributed by atoms with Gasteiger partial charge >= 0.3 is 5.97 Å². The standard InChI is InChI=1S/C21H25NO5/c1-13-6-9-18(14(2)10-13)22-21(24)15(3)27-20(23)11-16-7-8-17(25-4)12-19(16)26-5/h6-10,12,15H,11H2,1-5H3,(H,22,24)/t15-/m0/s1. The molecule has 0 saturated heterocycles. The number of hydrogen-bond donors (Lipinski definition) is 1. The summed E-state index contributed by atoms with van der Waals surface area (Å²) in [6.45, 7) is 5.44. The second-order valence-electron chi connectivity index (χ2n) is 6.29. The van der Waals surface area contributed by atoms with Crippen LogP contribution in [0.5, 0.6) is 11.5 Å². The van der Waals surface area contributed by atoms with E-state index < -0.39 is 12.1 Å². The predicted molar refractivity (Wildman–Crippen MR) is 103 cm³/mol. The van der Waals surface area contributed by atoms with Gasteiger partial charge in [0, 0.05) is 17.3 Å². The number of amides is 1. The molecule has 2 aromatic carbocycles. The topological polar surface area (TPSA) is 73.9 Å². The van der Waals surface area contributed by atoms with Gasteiger partial charge in [0.05, 0.1) is 20.6 Å². The number of nitrogens with one attached hydrogen (secondary N) is 1. The van der Waals surface area contributed by atoms with E-state index in [4.69, 9.17) is 14.2 Å². The first-order chi connectivity index (χ1) is 12.8. The molecule has 144 valence electrons. The first-order valence-electron chi connectivity index (χ1n) is 8.62. The van der Waals surface area contributed by atoms with Gasteiger partial charge in [-0.3, -0.25) is 9.59 Å². The van der Waals surface area contributed by atoms with Crippen molar-refractivity contribution in [2.75, 3.05) is 19.5 Å². The van der Waals surface area contributed by atoms with Crippen LogP contribution in [0.3, 0.4) is 0 Å². The summed E-state index contributed by atoms with van der Waals surface area (Å²) in [5, 5.41) is 2.79. The number of anilines is 1. The Morgan fingerprint density at radius 1 is 1.04 bits per heavy atom. The van der Waals surface area contributed by atoms with E-state index in [1.165, 1.54) is 7.11 Å². The molecule has 0 aliphatic rings. The molecule has 1 N–H and O–H groups in total. The van der Waals surface area contributed by atoms with Crippen molar-refractivity contribution in [3.05, 3.63) is 53.1 Å². The molecule has 1 amide bonds. The molecule has 0 fully saturated rings. The number of benzene rings is 2. The van der Waals surface area contributed by atoms with Gasteiger partial charge in [0.1, 0.15) is 11.5 Å². The minimum atomic E-state index is -0.914. The average molecular weight is 371 g/mol. The lowest BCUT2D eigenvalue weighted by atomic mass is 10.1. The highest BCUT2D eigenvalue weighted by atomic mass is 16.5. The van der Waals surface area contributed by atoms with E-state index in [9.17, 15) is 9.59 Å². The van der Waals surface area contributed by atoms with Crippen molar-refractivity contribution in [2.45, 2.75) is 33.3 Å². The van der Waals surface area contributed by atoms with Crippen LogP contribution in [0, 0.1) is 13.8 Å². The fourth-order valence-electron chi connectivity index (χ4n) is 2.63. The van der Waals surface area contributed by atoms with Crippen LogP contribution in [-0.4, -0.2) is 32.2 Å². The minimum absolute atomic E-state index is 0.00561. The summed E-state index contributed by atoms with van der Waals surface area (Å²) in [6, 6.07) is 10.9. The van der Waals surface area contributed by atoms with Gasteiger partial charge in [-0.2, -0.15) is 0 Å². The molecule has 0 unspecified atom stereocenters. The smallest absolute Gasteiger partial charge is 0.311 e. The molecule has 0 heterocycles. The molecular weight excluding hydrogens is 346 g/mol. The molecule has 27 heavy (non-hydrogen) atoms. The lowest BCUT2D eigenvalue weighted by Gasteiger charge is -2.16. The fourth-order valence-corrected chi connectivity index (χ4v) is 2.63. The summed E-state index contributed by atoms with van der Waals surface area (Å²) >= 11 is 0. The molecule has 0 spiro atoms. The van der Waals surface area contributed by atoms with Gasteiger partial charge in [-0.05, 0) is 38.5 Å². The van der Waals surface area contributed by atoms with Crippen molar-refractivity contribution in [1.29, 1.82) is 0 Å². The number of aryl methyl sites for hydroxylation is 2. The van der Waals surface area contributed by atoms with Gasteiger partial charge < -0.3 is 19.5 Å². The second-order valence-corrected chi connectivity index (χ2v) is 6.29. The third-order valence-corrected chi connectivity index (χ3v) is 4.15. The Kier molecular flexibility index (Phi) is 6.82. The molecule has 2 rings (SSSR count). The van der Waals surface area contributed by atoms with E-state index >= 15 is 0 Å². The number of carbonyl (C=O) groups excluding carboxylic acids is 2. The Morgan fingerprint density at radius 3 is 2.41 bits per heavy atom. The van der Waals surface area contributed by atoms with Gasteiger partial charge in [0.25, 0.3) is 5.91 Å². The molecule has 0 radical (unpaired) electrons. The summed E-state index contributed by atoms with van der Waals surface area (Å²) in [5.74, 6) is 0.266. The Hall–Kier alpha value is -3.02. The average Bonchev–Trinajstić information content (AvgIpc) is 2.64. The maximum absolute atomic E-state index is 12.3. The van der Waals surface area contributed by atoms with Crippen LogP contribution in [0.25, 0.3) is 0 Å². The highest BCUT2D eigenvalue weighted by Crippen LogP contribution is 2.25. The third-order valence-electron chi connectivity index (χ3n) is 4.15. The third kappa shape index (κ3) is 5.48. The Labute approximate surface area is 159 Å². The maximum Gasteiger partial charge on any atom is 0.311 e. The first kappa shape index (κ1) is 20.3. The van der Waals surface area contributed by atoms with E-state index in [2.05, 4.69) is 5.32 Å². The molecule has 1 atom stereocenters. The molecule has 0 saturated carbocycles. The maximum atomic E-state index is 12.3. The predicted octanol–water partition coefficient (Wildman–Crippen LogP) is 3.43. The quantitative estimate of drug-likeness (QED) is 0.755. The summed E-state index contributed by atoms with van der Waals surface area (Å²) in [7, 11) is 3.07. The van der Waals surface area contributed by atoms with E-state index in [0.717, 1.165) is 11.1 Å².